The molecule has 0 bridgehead atoms. The molecule has 4 aromatic carbocycles. The van der Waals surface area contributed by atoms with Gasteiger partial charge in [-0.05, 0) is 79.8 Å². The highest BCUT2D eigenvalue weighted by molar-refractivity contribution is 7.63. The third kappa shape index (κ3) is 6.59. The molecule has 44 heavy (non-hydrogen) atoms. The maximum atomic E-state index is 2.72. The second kappa shape index (κ2) is 14.5. The molecule has 2 fully saturated rings. The van der Waals surface area contributed by atoms with Crippen molar-refractivity contribution in [1.82, 2.24) is 0 Å². The summed E-state index contributed by atoms with van der Waals surface area (Å²) in [6.07, 6.45) is 19.1. The lowest BCUT2D eigenvalue weighted by molar-refractivity contribution is 0.765. The van der Waals surface area contributed by atoms with E-state index in [1.54, 1.807) is 27.8 Å². The third-order valence-electron chi connectivity index (χ3n) is 10.4. The highest BCUT2D eigenvalue weighted by atomic mass is 31.1. The molecule has 0 radical (unpaired) electrons. The van der Waals surface area contributed by atoms with E-state index in [1.807, 2.05) is 0 Å². The molecule has 224 valence electrons. The van der Waals surface area contributed by atoms with Crippen LogP contribution >= 0.6 is 15.8 Å². The molecule has 0 N–H and O–H groups in total. The lowest BCUT2D eigenvalue weighted by atomic mass is 10.0. The van der Waals surface area contributed by atoms with E-state index in [2.05, 4.69) is 140 Å². The van der Waals surface area contributed by atoms with Gasteiger partial charge in [-0.2, -0.15) is 0 Å². The summed E-state index contributed by atoms with van der Waals surface area (Å²) in [6, 6.07) is 46.5. The van der Waals surface area contributed by atoms with Crippen LogP contribution in [0.4, 0.5) is 0 Å². The van der Waals surface area contributed by atoms with Crippen LogP contribution in [0.1, 0.15) is 96.3 Å². The van der Waals surface area contributed by atoms with Crippen LogP contribution in [0.15, 0.2) is 145 Å². The smallest absolute Gasteiger partial charge is 0.00531 e. The molecular weight excluding hydrogens is 566 g/mol. The van der Waals surface area contributed by atoms with Crippen LogP contribution in [0.2, 0.25) is 0 Å². The number of rotatable bonds is 8. The van der Waals surface area contributed by atoms with Crippen LogP contribution in [0.5, 0.6) is 0 Å². The zero-order valence-corrected chi connectivity index (χ0v) is 27.7. The van der Waals surface area contributed by atoms with E-state index in [0.29, 0.717) is 28.3 Å². The largest absolute Gasteiger partial charge is 0.0904 e. The van der Waals surface area contributed by atoms with E-state index in [4.69, 9.17) is 0 Å². The van der Waals surface area contributed by atoms with Gasteiger partial charge in [-0.1, -0.05) is 161 Å². The first-order chi connectivity index (χ1) is 21.9. The van der Waals surface area contributed by atoms with Gasteiger partial charge in [0, 0.05) is 28.3 Å². The number of hydrogen-bond donors (Lipinski definition) is 0. The van der Waals surface area contributed by atoms with Crippen molar-refractivity contribution in [2.24, 2.45) is 0 Å². The van der Waals surface area contributed by atoms with Gasteiger partial charge in [0.15, 0.2) is 0 Å². The van der Waals surface area contributed by atoms with Crippen molar-refractivity contribution in [3.05, 3.63) is 167 Å². The molecule has 5 atom stereocenters. The zero-order chi connectivity index (χ0) is 29.6. The molecular formula is C42H46P2. The number of hydrogen-bond acceptors (Lipinski definition) is 0. The van der Waals surface area contributed by atoms with Crippen molar-refractivity contribution in [2.75, 3.05) is 6.16 Å². The highest BCUT2D eigenvalue weighted by Gasteiger charge is 2.46. The van der Waals surface area contributed by atoms with E-state index >= 15 is 0 Å². The van der Waals surface area contributed by atoms with Crippen LogP contribution in [-0.2, 0) is 0 Å². The molecule has 1 unspecified atom stereocenters. The molecule has 2 heteroatoms. The SMILES string of the molecule is C1=CCCC(C(CP2[C@H](c3ccccc3)CC[C@H]2c2ccccc2)P2[C@H](c3ccccc3)CC[C@H]2c2ccccc2)=CCC1. The Morgan fingerprint density at radius 1 is 0.477 bits per heavy atom. The molecule has 2 heterocycles. The monoisotopic (exact) mass is 612 g/mol. The Kier molecular flexibility index (Phi) is 9.89. The average molecular weight is 613 g/mol. The van der Waals surface area contributed by atoms with Crippen molar-refractivity contribution in [1.29, 1.82) is 0 Å². The summed E-state index contributed by atoms with van der Waals surface area (Å²) >= 11 is 0. The maximum Gasteiger partial charge on any atom is 0.00531 e. The fraction of sp³-hybridized carbons (Fsp3) is 0.333. The van der Waals surface area contributed by atoms with Crippen LogP contribution in [0.25, 0.3) is 0 Å². The van der Waals surface area contributed by atoms with E-state index in [-0.39, 0.29) is 15.8 Å². The van der Waals surface area contributed by atoms with Crippen LogP contribution in [-0.4, -0.2) is 11.8 Å². The van der Waals surface area contributed by atoms with Gasteiger partial charge in [0.2, 0.25) is 0 Å². The molecule has 1 aliphatic carbocycles. The van der Waals surface area contributed by atoms with Crippen LogP contribution < -0.4 is 0 Å². The summed E-state index contributed by atoms with van der Waals surface area (Å²) in [5.74, 6) is 0. The van der Waals surface area contributed by atoms with Crippen molar-refractivity contribution < 1.29 is 0 Å². The quantitative estimate of drug-likeness (QED) is 0.137. The van der Waals surface area contributed by atoms with Gasteiger partial charge in [-0.3, -0.25) is 0 Å². The summed E-state index contributed by atoms with van der Waals surface area (Å²) in [7, 11) is -0.538. The Balaban J connectivity index is 1.34. The molecule has 0 nitrogen and oxygen atoms in total. The Morgan fingerprint density at radius 2 is 0.886 bits per heavy atom. The molecule has 2 saturated heterocycles. The standard InChI is InChI=1S/C42H46P2/c1-2-8-26-37(27-9-3-1)42(44-40(35-22-14-6-15-23-35)30-31-41(44)36-24-16-7-17-25-36)32-43-38(33-18-10-4-11-19-33)28-29-39(43)34-20-12-5-13-21-34/h1-2,4-7,10-25,27,38-42H,3,8-9,26,28-32H2/t38-,39-,40-,41-,42?/m0/s1. The normalized spacial score (nSPS) is 25.3. The Hall–Kier alpha value is -2.78. The average Bonchev–Trinajstić information content (AvgIpc) is 3.70. The number of benzene rings is 4. The first-order valence-electron chi connectivity index (χ1n) is 16.9. The topological polar surface area (TPSA) is 0 Å². The van der Waals surface area contributed by atoms with E-state index in [9.17, 15) is 0 Å². The molecule has 3 aliphatic rings. The van der Waals surface area contributed by atoms with Crippen molar-refractivity contribution >= 4 is 15.8 Å². The van der Waals surface area contributed by atoms with Crippen molar-refractivity contribution in [3.63, 3.8) is 0 Å². The second-order valence-corrected chi connectivity index (χ2v) is 18.3. The molecule has 0 aromatic heterocycles. The molecule has 2 aliphatic heterocycles. The highest BCUT2D eigenvalue weighted by Crippen LogP contribution is 2.78. The van der Waals surface area contributed by atoms with E-state index in [1.165, 1.54) is 57.5 Å². The molecule has 0 spiro atoms. The first kappa shape index (κ1) is 29.9. The van der Waals surface area contributed by atoms with Gasteiger partial charge in [0.05, 0.1) is 0 Å². The van der Waals surface area contributed by atoms with Gasteiger partial charge < -0.3 is 0 Å². The predicted molar refractivity (Wildman–Crippen MR) is 193 cm³/mol. The Morgan fingerprint density at radius 3 is 1.36 bits per heavy atom. The third-order valence-corrected chi connectivity index (χ3v) is 17.9. The zero-order valence-electron chi connectivity index (χ0n) is 25.9. The van der Waals surface area contributed by atoms with E-state index < -0.39 is 0 Å². The van der Waals surface area contributed by atoms with Crippen LogP contribution in [0, 0.1) is 0 Å². The fourth-order valence-electron chi connectivity index (χ4n) is 8.34. The maximum absolute atomic E-state index is 2.72. The summed E-state index contributed by atoms with van der Waals surface area (Å²) in [5, 5.41) is 0. The van der Waals surface area contributed by atoms with Crippen molar-refractivity contribution in [3.8, 4) is 0 Å². The van der Waals surface area contributed by atoms with Crippen LogP contribution in [0.3, 0.4) is 0 Å². The van der Waals surface area contributed by atoms with Gasteiger partial charge >= 0.3 is 0 Å². The van der Waals surface area contributed by atoms with Gasteiger partial charge in [-0.15, -0.1) is 0 Å². The summed E-state index contributed by atoms with van der Waals surface area (Å²) < 4.78 is 0. The Labute approximate surface area is 268 Å². The van der Waals surface area contributed by atoms with Gasteiger partial charge in [-0.25, -0.2) is 0 Å². The lowest BCUT2D eigenvalue weighted by Crippen LogP contribution is -2.20. The molecule has 0 amide bonds. The Bertz CT molecular complexity index is 1420. The minimum atomic E-state index is -0.300. The summed E-state index contributed by atoms with van der Waals surface area (Å²) in [6.45, 7) is 0. The predicted octanol–water partition coefficient (Wildman–Crippen LogP) is 12.9. The van der Waals surface area contributed by atoms with Gasteiger partial charge in [0.1, 0.15) is 0 Å². The minimum absolute atomic E-state index is 0.239. The molecule has 4 aromatic rings. The lowest BCUT2D eigenvalue weighted by Gasteiger charge is -2.40. The van der Waals surface area contributed by atoms with Gasteiger partial charge in [0.25, 0.3) is 0 Å². The summed E-state index contributed by atoms with van der Waals surface area (Å²) in [5.41, 5.74) is 11.6. The molecule has 7 rings (SSSR count). The molecule has 0 saturated carbocycles. The van der Waals surface area contributed by atoms with E-state index in [0.717, 1.165) is 0 Å². The summed E-state index contributed by atoms with van der Waals surface area (Å²) in [4.78, 5) is 0. The first-order valence-corrected chi connectivity index (χ1v) is 20.1. The number of allylic oxidation sites excluding steroid dienone is 4. The fourth-order valence-corrected chi connectivity index (χ4v) is 17.2. The second-order valence-electron chi connectivity index (χ2n) is 12.9. The van der Waals surface area contributed by atoms with Crippen molar-refractivity contribution in [2.45, 2.75) is 79.7 Å². The minimum Gasteiger partial charge on any atom is -0.0904 e.